The summed E-state index contributed by atoms with van der Waals surface area (Å²) in [6.07, 6.45) is 5.63. The van der Waals surface area contributed by atoms with Crippen LogP contribution < -0.4 is 0 Å². The molecule has 70 valence electrons. The fourth-order valence-electron chi connectivity index (χ4n) is 1.03. The third-order valence-electron chi connectivity index (χ3n) is 2.60. The molecule has 1 nitrogen and oxygen atoms in total. The van der Waals surface area contributed by atoms with Gasteiger partial charge in [0.15, 0.2) is 0 Å². The van der Waals surface area contributed by atoms with Crippen molar-refractivity contribution in [1.29, 1.82) is 0 Å². The summed E-state index contributed by atoms with van der Waals surface area (Å²) >= 11 is 0. The van der Waals surface area contributed by atoms with Crippen LogP contribution in [0.5, 0.6) is 0 Å². The zero-order chi connectivity index (χ0) is 8.91. The minimum atomic E-state index is -0.985. The van der Waals surface area contributed by atoms with E-state index in [1.54, 1.807) is 0 Å². The second-order valence-electron chi connectivity index (χ2n) is 4.16. The van der Waals surface area contributed by atoms with E-state index >= 15 is 0 Å². The van der Waals surface area contributed by atoms with Crippen LogP contribution in [-0.2, 0) is 0 Å². The van der Waals surface area contributed by atoms with Crippen molar-refractivity contribution in [1.82, 2.24) is 4.67 Å². The average molecular weight is 177 g/mol. The molecule has 0 saturated carbocycles. The van der Waals surface area contributed by atoms with Crippen molar-refractivity contribution in [2.45, 2.75) is 26.2 Å². The first-order valence-electron chi connectivity index (χ1n) is 4.68. The Morgan fingerprint density at radius 2 is 1.64 bits per heavy atom. The Hall–Kier alpha value is 0.390. The van der Waals surface area contributed by atoms with Crippen molar-refractivity contribution in [3.63, 3.8) is 0 Å². The van der Waals surface area contributed by atoms with Gasteiger partial charge in [-0.2, -0.15) is 0 Å². The van der Waals surface area contributed by atoms with Crippen LogP contribution in [0.1, 0.15) is 26.2 Å². The summed E-state index contributed by atoms with van der Waals surface area (Å²) in [5.41, 5.74) is 0. The van der Waals surface area contributed by atoms with E-state index < -0.39 is 7.41 Å². The SMILES string of the molecule is CCCCC[PH](C)(C)N(C)C. The van der Waals surface area contributed by atoms with Gasteiger partial charge in [-0.25, -0.2) is 0 Å². The molecule has 0 rings (SSSR count). The van der Waals surface area contributed by atoms with Crippen LogP contribution in [-0.4, -0.2) is 38.3 Å². The molecule has 0 aromatic rings. The first-order valence-corrected chi connectivity index (χ1v) is 7.83. The Kier molecular flexibility index (Phi) is 5.29. The quantitative estimate of drug-likeness (QED) is 0.461. The molecule has 0 aliphatic rings. The predicted octanol–water partition coefficient (Wildman–Crippen LogP) is 2.66. The summed E-state index contributed by atoms with van der Waals surface area (Å²) < 4.78 is 2.45. The van der Waals surface area contributed by atoms with Gasteiger partial charge in [0.25, 0.3) is 0 Å². The van der Waals surface area contributed by atoms with Gasteiger partial charge in [0.1, 0.15) is 0 Å². The zero-order valence-electron chi connectivity index (χ0n) is 8.78. The summed E-state index contributed by atoms with van der Waals surface area (Å²) in [6.45, 7) is 7.16. The van der Waals surface area contributed by atoms with Gasteiger partial charge in [0, 0.05) is 0 Å². The number of nitrogens with zero attached hydrogens (tertiary/aromatic N) is 1. The molecule has 0 saturated heterocycles. The van der Waals surface area contributed by atoms with Crippen molar-refractivity contribution in [3.8, 4) is 0 Å². The number of rotatable bonds is 5. The van der Waals surface area contributed by atoms with E-state index in [1.807, 2.05) is 0 Å². The Bertz CT molecular complexity index is 99.7. The van der Waals surface area contributed by atoms with Crippen LogP contribution in [0.15, 0.2) is 0 Å². The van der Waals surface area contributed by atoms with Gasteiger partial charge in [-0.1, -0.05) is 0 Å². The first kappa shape index (κ1) is 11.4. The van der Waals surface area contributed by atoms with E-state index in [2.05, 4.69) is 39.0 Å². The maximum absolute atomic E-state index is 2.45. The van der Waals surface area contributed by atoms with Crippen LogP contribution in [0.4, 0.5) is 0 Å². The molecule has 0 atom stereocenters. The summed E-state index contributed by atoms with van der Waals surface area (Å²) in [7, 11) is 3.46. The van der Waals surface area contributed by atoms with Crippen LogP contribution in [0.25, 0.3) is 0 Å². The monoisotopic (exact) mass is 177 g/mol. The molecule has 0 aliphatic heterocycles. The molecule has 0 aliphatic carbocycles. The van der Waals surface area contributed by atoms with Gasteiger partial charge in [0.2, 0.25) is 0 Å². The normalized spacial score (nSPS) is 14.0. The van der Waals surface area contributed by atoms with E-state index in [0.29, 0.717) is 0 Å². The molecule has 0 amide bonds. The van der Waals surface area contributed by atoms with Crippen LogP contribution in [0.2, 0.25) is 0 Å². The molecule has 0 spiro atoms. The van der Waals surface area contributed by atoms with Crippen LogP contribution in [0, 0.1) is 0 Å². The molecule has 0 aromatic carbocycles. The van der Waals surface area contributed by atoms with Crippen molar-refractivity contribution >= 4 is 7.41 Å². The average Bonchev–Trinajstić information content (AvgIpc) is 1.88. The van der Waals surface area contributed by atoms with E-state index in [-0.39, 0.29) is 0 Å². The van der Waals surface area contributed by atoms with E-state index in [4.69, 9.17) is 0 Å². The fraction of sp³-hybridized carbons (Fsp3) is 1.00. The van der Waals surface area contributed by atoms with E-state index in [0.717, 1.165) is 0 Å². The van der Waals surface area contributed by atoms with Crippen LogP contribution >= 0.6 is 7.41 Å². The van der Waals surface area contributed by atoms with Crippen molar-refractivity contribution in [2.24, 2.45) is 0 Å². The first-order chi connectivity index (χ1) is 5.00. The molecule has 0 bridgehead atoms. The van der Waals surface area contributed by atoms with Gasteiger partial charge in [-0.05, 0) is 0 Å². The maximum atomic E-state index is 2.45. The summed E-state index contributed by atoms with van der Waals surface area (Å²) in [5, 5.41) is 0. The second-order valence-corrected chi connectivity index (χ2v) is 9.18. The van der Waals surface area contributed by atoms with Gasteiger partial charge in [-0.15, -0.1) is 0 Å². The van der Waals surface area contributed by atoms with Gasteiger partial charge >= 0.3 is 71.9 Å². The molecule has 0 heterocycles. The Balaban J connectivity index is 3.55. The van der Waals surface area contributed by atoms with E-state index in [9.17, 15) is 0 Å². The molecule has 0 aromatic heterocycles. The molecule has 2 heteroatoms. The molecular weight excluding hydrogens is 153 g/mol. The molecular formula is C9H24NP. The van der Waals surface area contributed by atoms with Gasteiger partial charge in [0.05, 0.1) is 0 Å². The predicted molar refractivity (Wildman–Crippen MR) is 58.2 cm³/mol. The van der Waals surface area contributed by atoms with Gasteiger partial charge in [-0.3, -0.25) is 0 Å². The van der Waals surface area contributed by atoms with E-state index in [1.165, 1.54) is 25.4 Å². The molecule has 11 heavy (non-hydrogen) atoms. The van der Waals surface area contributed by atoms with Crippen molar-refractivity contribution in [2.75, 3.05) is 33.6 Å². The van der Waals surface area contributed by atoms with Crippen molar-refractivity contribution in [3.05, 3.63) is 0 Å². The molecule has 0 radical (unpaired) electrons. The molecule has 0 fully saturated rings. The number of hydrogen-bond acceptors (Lipinski definition) is 1. The minimum absolute atomic E-state index is 0.985. The summed E-state index contributed by atoms with van der Waals surface area (Å²) in [6, 6.07) is 0. The summed E-state index contributed by atoms with van der Waals surface area (Å²) in [4.78, 5) is 0. The standard InChI is InChI=1S/C9H24NP/c1-6-7-8-9-11(4,5)10(2)3/h11H,6-9H2,1-5H3. The second kappa shape index (κ2) is 5.11. The Labute approximate surface area is 72.6 Å². The van der Waals surface area contributed by atoms with Gasteiger partial charge < -0.3 is 0 Å². The molecule has 0 unspecified atom stereocenters. The Morgan fingerprint density at radius 1 is 1.09 bits per heavy atom. The third kappa shape index (κ3) is 4.76. The molecule has 0 N–H and O–H groups in total. The Morgan fingerprint density at radius 3 is 2.00 bits per heavy atom. The zero-order valence-corrected chi connectivity index (χ0v) is 9.78. The summed E-state index contributed by atoms with van der Waals surface area (Å²) in [5.74, 6) is 0. The third-order valence-corrected chi connectivity index (χ3v) is 6.60. The van der Waals surface area contributed by atoms with Crippen molar-refractivity contribution < 1.29 is 0 Å². The fourth-order valence-corrected chi connectivity index (χ4v) is 2.59. The number of hydrogen-bond donors (Lipinski definition) is 0. The van der Waals surface area contributed by atoms with Crippen LogP contribution in [0.3, 0.4) is 0 Å². The number of unbranched alkanes of at least 4 members (excludes halogenated alkanes) is 2. The topological polar surface area (TPSA) is 3.24 Å².